The molecule has 0 atom stereocenters. The Morgan fingerprint density at radius 3 is 2.00 bits per heavy atom. The molecule has 0 saturated heterocycles. The summed E-state index contributed by atoms with van der Waals surface area (Å²) in [6.45, 7) is 0. The topological polar surface area (TPSA) is 12.0 Å². The SMILES string of the molecule is SNC1(C2CCCCC2)CCCCC1. The number of thiol groups is 1. The maximum Gasteiger partial charge on any atom is 0.0308 e. The maximum atomic E-state index is 4.41. The van der Waals surface area contributed by atoms with Crippen molar-refractivity contribution in [3.63, 3.8) is 0 Å². The zero-order valence-electron chi connectivity index (χ0n) is 9.10. The molecule has 0 heterocycles. The molecule has 0 aromatic rings. The van der Waals surface area contributed by atoms with E-state index in [0.717, 1.165) is 5.92 Å². The Morgan fingerprint density at radius 2 is 1.43 bits per heavy atom. The van der Waals surface area contributed by atoms with E-state index in [1.165, 1.54) is 64.2 Å². The first kappa shape index (κ1) is 10.8. The largest absolute Gasteiger partial charge is 0.260 e. The van der Waals surface area contributed by atoms with Crippen molar-refractivity contribution in [1.29, 1.82) is 0 Å². The Balaban J connectivity index is 2.01. The molecule has 2 rings (SSSR count). The van der Waals surface area contributed by atoms with E-state index in [9.17, 15) is 0 Å². The fraction of sp³-hybridized carbons (Fsp3) is 1.00. The van der Waals surface area contributed by atoms with Gasteiger partial charge in [-0.3, -0.25) is 4.72 Å². The summed E-state index contributed by atoms with van der Waals surface area (Å²) in [5, 5.41) is 0. The van der Waals surface area contributed by atoms with Gasteiger partial charge in [-0.15, -0.1) is 0 Å². The lowest BCUT2D eigenvalue weighted by Gasteiger charge is -2.44. The normalized spacial score (nSPS) is 28.9. The van der Waals surface area contributed by atoms with Gasteiger partial charge in [0.2, 0.25) is 0 Å². The standard InChI is InChI=1S/C12H23NS/c14-13-12(9-5-2-6-10-12)11-7-3-1-4-8-11/h11,13-14H,1-10H2. The molecule has 0 aliphatic heterocycles. The van der Waals surface area contributed by atoms with Crippen molar-refractivity contribution in [2.75, 3.05) is 0 Å². The summed E-state index contributed by atoms with van der Waals surface area (Å²) >= 11 is 4.41. The predicted molar refractivity (Wildman–Crippen MR) is 64.5 cm³/mol. The first-order valence-corrected chi connectivity index (χ1v) is 6.73. The maximum absolute atomic E-state index is 4.41. The highest BCUT2D eigenvalue weighted by Gasteiger charge is 2.38. The van der Waals surface area contributed by atoms with Crippen LogP contribution in [0.2, 0.25) is 0 Å². The van der Waals surface area contributed by atoms with Crippen molar-refractivity contribution in [2.24, 2.45) is 5.92 Å². The van der Waals surface area contributed by atoms with Gasteiger partial charge >= 0.3 is 0 Å². The quantitative estimate of drug-likeness (QED) is 0.666. The molecule has 14 heavy (non-hydrogen) atoms. The first-order chi connectivity index (χ1) is 6.87. The van der Waals surface area contributed by atoms with Crippen LogP contribution >= 0.6 is 12.8 Å². The average molecular weight is 213 g/mol. The van der Waals surface area contributed by atoms with E-state index < -0.39 is 0 Å². The van der Waals surface area contributed by atoms with Gasteiger partial charge in [-0.2, -0.15) is 0 Å². The molecule has 2 heteroatoms. The fourth-order valence-electron chi connectivity index (χ4n) is 3.45. The molecule has 2 saturated carbocycles. The molecule has 2 aliphatic carbocycles. The van der Waals surface area contributed by atoms with Crippen LogP contribution in [0, 0.1) is 5.92 Å². The van der Waals surface area contributed by atoms with Crippen LogP contribution in [0.5, 0.6) is 0 Å². The monoisotopic (exact) mass is 213 g/mol. The molecular weight excluding hydrogens is 190 g/mol. The molecule has 0 aromatic heterocycles. The van der Waals surface area contributed by atoms with Crippen LogP contribution in [0.1, 0.15) is 64.2 Å². The second-order valence-corrected chi connectivity index (χ2v) is 5.39. The van der Waals surface area contributed by atoms with Gasteiger partial charge in [0.15, 0.2) is 0 Å². The zero-order valence-corrected chi connectivity index (χ0v) is 9.99. The molecule has 0 radical (unpaired) electrons. The van der Waals surface area contributed by atoms with E-state index in [4.69, 9.17) is 0 Å². The molecule has 0 spiro atoms. The number of hydrogen-bond donors (Lipinski definition) is 2. The van der Waals surface area contributed by atoms with E-state index in [0.29, 0.717) is 5.54 Å². The summed E-state index contributed by atoms with van der Waals surface area (Å²) in [7, 11) is 0. The van der Waals surface area contributed by atoms with Crippen LogP contribution in [-0.2, 0) is 0 Å². The van der Waals surface area contributed by atoms with Gasteiger partial charge in [0.1, 0.15) is 0 Å². The summed E-state index contributed by atoms with van der Waals surface area (Å²) in [5.74, 6) is 0.911. The van der Waals surface area contributed by atoms with Crippen molar-refractivity contribution < 1.29 is 0 Å². The molecule has 2 aliphatic rings. The van der Waals surface area contributed by atoms with Crippen molar-refractivity contribution in [1.82, 2.24) is 4.72 Å². The van der Waals surface area contributed by atoms with Crippen molar-refractivity contribution in [3.8, 4) is 0 Å². The summed E-state index contributed by atoms with van der Waals surface area (Å²) in [4.78, 5) is 0. The highest BCUT2D eigenvalue weighted by Crippen LogP contribution is 2.41. The van der Waals surface area contributed by atoms with Crippen molar-refractivity contribution in [3.05, 3.63) is 0 Å². The Morgan fingerprint density at radius 1 is 0.857 bits per heavy atom. The minimum Gasteiger partial charge on any atom is -0.260 e. The van der Waals surface area contributed by atoms with Gasteiger partial charge < -0.3 is 0 Å². The van der Waals surface area contributed by atoms with Gasteiger partial charge in [-0.05, 0) is 31.6 Å². The third-order valence-electron chi connectivity index (χ3n) is 4.36. The molecule has 1 nitrogen and oxygen atoms in total. The van der Waals surface area contributed by atoms with Crippen LogP contribution in [0.3, 0.4) is 0 Å². The Kier molecular flexibility index (Phi) is 3.78. The number of nitrogens with one attached hydrogen (secondary N) is 1. The van der Waals surface area contributed by atoms with Crippen molar-refractivity contribution in [2.45, 2.75) is 69.7 Å². The van der Waals surface area contributed by atoms with Gasteiger partial charge in [0.25, 0.3) is 0 Å². The first-order valence-electron chi connectivity index (χ1n) is 6.29. The fourth-order valence-corrected chi connectivity index (χ4v) is 3.86. The van der Waals surface area contributed by atoms with E-state index in [-0.39, 0.29) is 0 Å². The van der Waals surface area contributed by atoms with E-state index in [1.54, 1.807) is 0 Å². The Bertz CT molecular complexity index is 169. The summed E-state index contributed by atoms with van der Waals surface area (Å²) in [6.07, 6.45) is 14.2. The minimum absolute atomic E-state index is 0.405. The molecule has 0 bridgehead atoms. The summed E-state index contributed by atoms with van der Waals surface area (Å²) in [6, 6.07) is 0. The van der Waals surface area contributed by atoms with Crippen molar-refractivity contribution >= 4 is 12.8 Å². The highest BCUT2D eigenvalue weighted by molar-refractivity contribution is 7.78. The lowest BCUT2D eigenvalue weighted by molar-refractivity contribution is 0.141. The smallest absolute Gasteiger partial charge is 0.0308 e. The zero-order chi connectivity index (χ0) is 9.86. The van der Waals surface area contributed by atoms with Gasteiger partial charge in [-0.1, -0.05) is 51.3 Å². The molecular formula is C12H23NS. The van der Waals surface area contributed by atoms with Gasteiger partial charge in [0, 0.05) is 5.54 Å². The lowest BCUT2D eigenvalue weighted by Crippen LogP contribution is -2.49. The molecule has 0 aromatic carbocycles. The minimum atomic E-state index is 0.405. The van der Waals surface area contributed by atoms with Crippen LogP contribution < -0.4 is 4.72 Å². The van der Waals surface area contributed by atoms with Gasteiger partial charge in [0.05, 0.1) is 0 Å². The van der Waals surface area contributed by atoms with Crippen LogP contribution in [0.25, 0.3) is 0 Å². The van der Waals surface area contributed by atoms with E-state index in [1.807, 2.05) is 0 Å². The Labute approximate surface area is 93.6 Å². The van der Waals surface area contributed by atoms with Crippen LogP contribution in [0.15, 0.2) is 0 Å². The molecule has 0 amide bonds. The summed E-state index contributed by atoms with van der Waals surface area (Å²) < 4.78 is 3.38. The average Bonchev–Trinajstić information content (AvgIpc) is 2.31. The Hall–Kier alpha value is 0.310. The van der Waals surface area contributed by atoms with Crippen LogP contribution in [0.4, 0.5) is 0 Å². The third-order valence-corrected chi connectivity index (χ3v) is 4.80. The second kappa shape index (κ2) is 4.89. The van der Waals surface area contributed by atoms with E-state index >= 15 is 0 Å². The summed E-state index contributed by atoms with van der Waals surface area (Å²) in [5.41, 5.74) is 0.405. The number of rotatable bonds is 2. The molecule has 82 valence electrons. The third kappa shape index (κ3) is 2.11. The molecule has 1 N–H and O–H groups in total. The van der Waals surface area contributed by atoms with Gasteiger partial charge in [-0.25, -0.2) is 0 Å². The molecule has 2 fully saturated rings. The predicted octanol–water partition coefficient (Wildman–Crippen LogP) is 3.70. The van der Waals surface area contributed by atoms with E-state index in [2.05, 4.69) is 17.5 Å². The number of hydrogen-bond acceptors (Lipinski definition) is 2. The van der Waals surface area contributed by atoms with Crippen LogP contribution in [-0.4, -0.2) is 5.54 Å². The second-order valence-electron chi connectivity index (χ2n) is 5.16. The highest BCUT2D eigenvalue weighted by atomic mass is 32.1. The lowest BCUT2D eigenvalue weighted by atomic mass is 9.68. The molecule has 0 unspecified atom stereocenters.